The quantitative estimate of drug-likeness (QED) is 0.867. The highest BCUT2D eigenvalue weighted by molar-refractivity contribution is 9.10. The molecule has 1 rings (SSSR count). The number of hydrogen-bond donors (Lipinski definition) is 2. The molecule has 0 aliphatic rings. The molecule has 0 bridgehead atoms. The maximum absolute atomic E-state index is 8.96. The Kier molecular flexibility index (Phi) is 5.05. The molecule has 2 N–H and O–H groups in total. The van der Waals surface area contributed by atoms with E-state index in [1.165, 1.54) is 0 Å². The highest BCUT2D eigenvalue weighted by atomic mass is 79.9. The molecule has 1 unspecified atom stereocenters. The summed E-state index contributed by atoms with van der Waals surface area (Å²) in [6, 6.07) is 4.08. The summed E-state index contributed by atoms with van der Waals surface area (Å²) in [4.78, 5) is 4.24. The van der Waals surface area contributed by atoms with Gasteiger partial charge in [0.25, 0.3) is 0 Å². The fourth-order valence-corrected chi connectivity index (χ4v) is 1.75. The smallest absolute Gasteiger partial charge is 0.140 e. The fourth-order valence-electron chi connectivity index (χ4n) is 1.38. The van der Waals surface area contributed by atoms with Crippen LogP contribution in [0.4, 0.5) is 5.82 Å². The van der Waals surface area contributed by atoms with Gasteiger partial charge in [-0.25, -0.2) is 4.98 Å². The van der Waals surface area contributed by atoms with Crippen LogP contribution < -0.4 is 5.32 Å². The zero-order valence-electron chi connectivity index (χ0n) is 9.07. The van der Waals surface area contributed by atoms with Crippen molar-refractivity contribution in [2.24, 2.45) is 5.92 Å². The van der Waals surface area contributed by atoms with Crippen molar-refractivity contribution >= 4 is 21.7 Å². The van der Waals surface area contributed by atoms with E-state index in [0.29, 0.717) is 5.92 Å². The summed E-state index contributed by atoms with van der Waals surface area (Å²) in [6.07, 6.45) is 2.49. The number of aliphatic hydroxyl groups excluding tert-OH is 1. The first-order valence-corrected chi connectivity index (χ1v) is 5.92. The predicted octanol–water partition coefficient (Wildman–Crippen LogP) is 2.66. The van der Waals surface area contributed by atoms with E-state index in [1.54, 1.807) is 6.20 Å². The molecule has 1 aromatic rings. The van der Waals surface area contributed by atoms with Crippen LogP contribution in [0.15, 0.2) is 22.8 Å². The number of pyridine rings is 1. The first-order valence-electron chi connectivity index (χ1n) is 5.13. The van der Waals surface area contributed by atoms with Crippen LogP contribution in [-0.4, -0.2) is 22.7 Å². The van der Waals surface area contributed by atoms with Crippen molar-refractivity contribution in [2.75, 3.05) is 11.9 Å². The van der Waals surface area contributed by atoms with Crippen molar-refractivity contribution in [3.05, 3.63) is 22.8 Å². The lowest BCUT2D eigenvalue weighted by molar-refractivity contribution is 0.267. The number of halogens is 1. The molecule has 0 aliphatic carbocycles. The van der Waals surface area contributed by atoms with Crippen LogP contribution in [0, 0.1) is 5.92 Å². The Hall–Kier alpha value is -0.610. The molecule has 0 spiro atoms. The van der Waals surface area contributed by atoms with Gasteiger partial charge in [-0.15, -0.1) is 0 Å². The minimum absolute atomic E-state index is 0.195. The predicted molar refractivity (Wildman–Crippen MR) is 65.9 cm³/mol. The fraction of sp³-hybridized carbons (Fsp3) is 0.545. The minimum atomic E-state index is 0.195. The van der Waals surface area contributed by atoms with Crippen molar-refractivity contribution in [3.8, 4) is 0 Å². The number of aromatic nitrogens is 1. The third-order valence-corrected chi connectivity index (χ3v) is 2.97. The minimum Gasteiger partial charge on any atom is -0.396 e. The summed E-state index contributed by atoms with van der Waals surface area (Å²) in [5.41, 5.74) is 0. The van der Waals surface area contributed by atoms with Crippen LogP contribution >= 0.6 is 15.9 Å². The molecular weight excluding hydrogens is 256 g/mol. The molecule has 0 saturated heterocycles. The molecule has 1 heterocycles. The molecule has 0 aromatic carbocycles. The monoisotopic (exact) mass is 272 g/mol. The Morgan fingerprint density at radius 1 is 1.53 bits per heavy atom. The van der Waals surface area contributed by atoms with Gasteiger partial charge >= 0.3 is 0 Å². The first kappa shape index (κ1) is 12.5. The molecule has 1 atom stereocenters. The number of nitrogens with zero attached hydrogens (tertiary/aromatic N) is 1. The Morgan fingerprint density at radius 2 is 2.27 bits per heavy atom. The van der Waals surface area contributed by atoms with Gasteiger partial charge in [-0.05, 0) is 40.4 Å². The standard InChI is InChI=1S/C11H17BrN2O/c1-8(2)10(5-7-15)14-11-9(12)4-3-6-13-11/h3-4,6,8,10,15H,5,7H2,1-2H3,(H,13,14). The molecule has 0 aliphatic heterocycles. The second kappa shape index (κ2) is 6.08. The van der Waals surface area contributed by atoms with Crippen molar-refractivity contribution in [1.29, 1.82) is 0 Å². The molecule has 0 radical (unpaired) electrons. The van der Waals surface area contributed by atoms with Crippen LogP contribution in [0.5, 0.6) is 0 Å². The van der Waals surface area contributed by atoms with E-state index in [4.69, 9.17) is 5.11 Å². The van der Waals surface area contributed by atoms with Crippen molar-refractivity contribution in [3.63, 3.8) is 0 Å². The molecule has 84 valence electrons. The van der Waals surface area contributed by atoms with E-state index in [0.717, 1.165) is 16.7 Å². The van der Waals surface area contributed by atoms with Crippen molar-refractivity contribution in [1.82, 2.24) is 4.98 Å². The lowest BCUT2D eigenvalue weighted by Gasteiger charge is -2.22. The Morgan fingerprint density at radius 3 is 2.80 bits per heavy atom. The topological polar surface area (TPSA) is 45.1 Å². The normalized spacial score (nSPS) is 12.9. The van der Waals surface area contributed by atoms with Gasteiger partial charge in [0.1, 0.15) is 5.82 Å². The molecule has 0 fully saturated rings. The van der Waals surface area contributed by atoms with E-state index in [1.807, 2.05) is 12.1 Å². The lowest BCUT2D eigenvalue weighted by atomic mass is 10.0. The summed E-state index contributed by atoms with van der Waals surface area (Å²) in [7, 11) is 0. The second-order valence-corrected chi connectivity index (χ2v) is 4.70. The summed E-state index contributed by atoms with van der Waals surface area (Å²) < 4.78 is 0.952. The third-order valence-electron chi connectivity index (χ3n) is 2.33. The highest BCUT2D eigenvalue weighted by Gasteiger charge is 2.13. The number of hydrogen-bond acceptors (Lipinski definition) is 3. The Balaban J connectivity index is 2.69. The molecule has 3 nitrogen and oxygen atoms in total. The summed E-state index contributed by atoms with van der Waals surface area (Å²) in [5.74, 6) is 1.30. The van der Waals surface area contributed by atoms with Gasteiger partial charge < -0.3 is 10.4 Å². The van der Waals surface area contributed by atoms with E-state index in [2.05, 4.69) is 40.1 Å². The molecule has 0 amide bonds. The second-order valence-electron chi connectivity index (χ2n) is 3.84. The Labute approximate surface area is 99.1 Å². The van der Waals surface area contributed by atoms with Crippen molar-refractivity contribution in [2.45, 2.75) is 26.3 Å². The van der Waals surface area contributed by atoms with E-state index < -0.39 is 0 Å². The number of rotatable bonds is 5. The van der Waals surface area contributed by atoms with Crippen molar-refractivity contribution < 1.29 is 5.11 Å². The maximum Gasteiger partial charge on any atom is 0.140 e. The van der Waals surface area contributed by atoms with Gasteiger partial charge in [-0.3, -0.25) is 0 Å². The van der Waals surface area contributed by atoms with Gasteiger partial charge in [0, 0.05) is 18.8 Å². The lowest BCUT2D eigenvalue weighted by Crippen LogP contribution is -2.27. The number of anilines is 1. The van der Waals surface area contributed by atoms with Crippen LogP contribution in [-0.2, 0) is 0 Å². The molecular formula is C11H17BrN2O. The average molecular weight is 273 g/mol. The van der Waals surface area contributed by atoms with E-state index in [9.17, 15) is 0 Å². The third kappa shape index (κ3) is 3.80. The highest BCUT2D eigenvalue weighted by Crippen LogP contribution is 2.21. The average Bonchev–Trinajstić information content (AvgIpc) is 2.20. The molecule has 0 saturated carbocycles. The van der Waals surface area contributed by atoms with E-state index in [-0.39, 0.29) is 12.6 Å². The number of nitrogens with one attached hydrogen (secondary N) is 1. The molecule has 15 heavy (non-hydrogen) atoms. The van der Waals surface area contributed by atoms with Gasteiger partial charge in [0.05, 0.1) is 4.47 Å². The summed E-state index contributed by atoms with van der Waals surface area (Å²) >= 11 is 3.44. The first-order chi connectivity index (χ1) is 7.15. The van der Waals surface area contributed by atoms with Gasteiger partial charge in [0.15, 0.2) is 0 Å². The molecule has 4 heteroatoms. The summed E-state index contributed by atoms with van der Waals surface area (Å²) in [6.45, 7) is 4.45. The van der Waals surface area contributed by atoms with Gasteiger partial charge in [-0.1, -0.05) is 13.8 Å². The van der Waals surface area contributed by atoms with Gasteiger partial charge in [0.2, 0.25) is 0 Å². The van der Waals surface area contributed by atoms with Crippen LogP contribution in [0.25, 0.3) is 0 Å². The summed E-state index contributed by atoms with van der Waals surface area (Å²) in [5, 5.41) is 12.3. The SMILES string of the molecule is CC(C)C(CCO)Nc1ncccc1Br. The van der Waals surface area contributed by atoms with E-state index >= 15 is 0 Å². The zero-order chi connectivity index (χ0) is 11.3. The number of aliphatic hydroxyl groups is 1. The van der Waals surface area contributed by atoms with Crippen LogP contribution in [0.3, 0.4) is 0 Å². The van der Waals surface area contributed by atoms with Crippen LogP contribution in [0.2, 0.25) is 0 Å². The largest absolute Gasteiger partial charge is 0.396 e. The molecule has 1 aromatic heterocycles. The van der Waals surface area contributed by atoms with Gasteiger partial charge in [-0.2, -0.15) is 0 Å². The maximum atomic E-state index is 8.96. The zero-order valence-corrected chi connectivity index (χ0v) is 10.7. The van der Waals surface area contributed by atoms with Crippen LogP contribution in [0.1, 0.15) is 20.3 Å². The Bertz CT molecular complexity index is 304.